The molecule has 1 atom stereocenters. The lowest BCUT2D eigenvalue weighted by atomic mass is 9.98. The van der Waals surface area contributed by atoms with Gasteiger partial charge in [-0.05, 0) is 12.8 Å². The molecule has 3 heteroatoms. The molecule has 0 fully saturated rings. The van der Waals surface area contributed by atoms with Crippen LogP contribution in [-0.4, -0.2) is 11.7 Å². The molecular formula is C8H16N2O. The predicted molar refractivity (Wildman–Crippen MR) is 46.3 cm³/mol. The highest BCUT2D eigenvalue weighted by molar-refractivity contribution is 5.93. The molecule has 0 saturated carbocycles. The minimum absolute atomic E-state index is 0.0338. The fraction of sp³-hybridized carbons (Fsp3) is 0.750. The summed E-state index contributed by atoms with van der Waals surface area (Å²) < 4.78 is 0. The van der Waals surface area contributed by atoms with Crippen molar-refractivity contribution in [3.05, 3.63) is 0 Å². The normalized spacial score (nSPS) is 15.2. The number of hydrogen-bond acceptors (Lipinski definition) is 1. The summed E-state index contributed by atoms with van der Waals surface area (Å²) in [6.45, 7) is 7.46. The van der Waals surface area contributed by atoms with Crippen LogP contribution >= 0.6 is 0 Å². The lowest BCUT2D eigenvalue weighted by molar-refractivity contribution is -0.122. The third-order valence-corrected chi connectivity index (χ3v) is 1.68. The molecular weight excluding hydrogens is 140 g/mol. The molecule has 0 aliphatic carbocycles. The smallest absolute Gasteiger partial charge is 0.250 e. The van der Waals surface area contributed by atoms with Crippen molar-refractivity contribution in [2.45, 2.75) is 27.7 Å². The molecule has 0 spiro atoms. The van der Waals surface area contributed by atoms with E-state index in [4.69, 9.17) is 5.73 Å². The number of amidine groups is 1. The van der Waals surface area contributed by atoms with Crippen LogP contribution in [-0.2, 0) is 4.79 Å². The van der Waals surface area contributed by atoms with E-state index in [1.807, 2.05) is 20.8 Å². The third-order valence-electron chi connectivity index (χ3n) is 1.68. The Morgan fingerprint density at radius 1 is 1.36 bits per heavy atom. The second-order valence-electron chi connectivity index (χ2n) is 3.12. The zero-order chi connectivity index (χ0) is 9.02. The average molecular weight is 156 g/mol. The quantitative estimate of drug-likeness (QED) is 0.482. The van der Waals surface area contributed by atoms with Crippen LogP contribution in [0.15, 0.2) is 4.99 Å². The Hall–Kier alpha value is -0.860. The zero-order valence-corrected chi connectivity index (χ0v) is 7.59. The fourth-order valence-electron chi connectivity index (χ4n) is 0.561. The van der Waals surface area contributed by atoms with Crippen LogP contribution in [0.4, 0.5) is 0 Å². The molecule has 0 heterocycles. The second-order valence-corrected chi connectivity index (χ2v) is 3.12. The van der Waals surface area contributed by atoms with Gasteiger partial charge in [0.1, 0.15) is 0 Å². The van der Waals surface area contributed by atoms with E-state index in [0.29, 0.717) is 11.8 Å². The van der Waals surface area contributed by atoms with E-state index in [2.05, 4.69) is 4.99 Å². The number of hydrogen-bond donors (Lipinski definition) is 1. The minimum atomic E-state index is -0.125. The molecule has 0 aliphatic heterocycles. The van der Waals surface area contributed by atoms with Crippen LogP contribution in [0.1, 0.15) is 27.7 Å². The maximum atomic E-state index is 11.1. The van der Waals surface area contributed by atoms with Gasteiger partial charge in [-0.25, -0.2) is 4.99 Å². The number of nitrogens with zero attached hydrogens (tertiary/aromatic N) is 1. The molecule has 0 aromatic carbocycles. The first kappa shape index (κ1) is 10.1. The molecule has 0 radical (unpaired) electrons. The Labute approximate surface area is 67.7 Å². The van der Waals surface area contributed by atoms with Crippen molar-refractivity contribution in [2.75, 3.05) is 0 Å². The summed E-state index contributed by atoms with van der Waals surface area (Å²) >= 11 is 0. The van der Waals surface area contributed by atoms with Crippen LogP contribution in [0.3, 0.4) is 0 Å². The van der Waals surface area contributed by atoms with Crippen LogP contribution in [0.25, 0.3) is 0 Å². The highest BCUT2D eigenvalue weighted by Crippen LogP contribution is 2.10. The van der Waals surface area contributed by atoms with E-state index >= 15 is 0 Å². The molecule has 3 nitrogen and oxygen atoms in total. The summed E-state index contributed by atoms with van der Waals surface area (Å²) in [7, 11) is 0. The Kier molecular flexibility index (Phi) is 3.79. The molecule has 0 saturated heterocycles. The Balaban J connectivity index is 4.15. The van der Waals surface area contributed by atoms with Gasteiger partial charge in [0, 0.05) is 5.92 Å². The topological polar surface area (TPSA) is 55.4 Å². The summed E-state index contributed by atoms with van der Waals surface area (Å²) in [5, 5.41) is 0. The average Bonchev–Trinajstić information content (AvgIpc) is 1.84. The molecule has 2 N–H and O–H groups in total. The van der Waals surface area contributed by atoms with Crippen molar-refractivity contribution in [1.82, 2.24) is 0 Å². The minimum Gasteiger partial charge on any atom is -0.387 e. The largest absolute Gasteiger partial charge is 0.387 e. The Morgan fingerprint density at radius 3 is 2.09 bits per heavy atom. The summed E-state index contributed by atoms with van der Waals surface area (Å²) in [4.78, 5) is 14.8. The van der Waals surface area contributed by atoms with E-state index in [1.165, 1.54) is 0 Å². The molecule has 64 valence electrons. The van der Waals surface area contributed by atoms with Gasteiger partial charge in [0.05, 0.1) is 5.84 Å². The summed E-state index contributed by atoms with van der Waals surface area (Å²) in [5.74, 6) is 0.501. The Morgan fingerprint density at radius 2 is 1.82 bits per heavy atom. The Bertz CT molecular complexity index is 169. The van der Waals surface area contributed by atoms with Crippen molar-refractivity contribution in [2.24, 2.45) is 22.6 Å². The van der Waals surface area contributed by atoms with E-state index in [1.54, 1.807) is 6.92 Å². The fourth-order valence-corrected chi connectivity index (χ4v) is 0.561. The highest BCUT2D eigenvalue weighted by Gasteiger charge is 2.15. The van der Waals surface area contributed by atoms with E-state index in [9.17, 15) is 4.79 Å². The molecule has 1 unspecified atom stereocenters. The first-order chi connectivity index (χ1) is 4.95. The molecule has 1 amide bonds. The van der Waals surface area contributed by atoms with Gasteiger partial charge in [0.25, 0.3) is 0 Å². The van der Waals surface area contributed by atoms with Crippen molar-refractivity contribution >= 4 is 11.7 Å². The van der Waals surface area contributed by atoms with Gasteiger partial charge in [-0.2, -0.15) is 0 Å². The monoisotopic (exact) mass is 156 g/mol. The maximum Gasteiger partial charge on any atom is 0.250 e. The molecule has 0 aromatic heterocycles. The first-order valence-electron chi connectivity index (χ1n) is 3.79. The van der Waals surface area contributed by atoms with Crippen molar-refractivity contribution in [3.8, 4) is 0 Å². The molecule has 0 bridgehead atoms. The predicted octanol–water partition coefficient (Wildman–Crippen LogP) is 1.18. The van der Waals surface area contributed by atoms with E-state index in [0.717, 1.165) is 0 Å². The maximum absolute atomic E-state index is 11.1. The first-order valence-corrected chi connectivity index (χ1v) is 3.79. The third kappa shape index (κ3) is 3.75. The number of aliphatic imine (C=N–C) groups is 1. The number of rotatable bonds is 2. The van der Waals surface area contributed by atoms with Crippen LogP contribution in [0.2, 0.25) is 0 Å². The van der Waals surface area contributed by atoms with E-state index < -0.39 is 0 Å². The summed E-state index contributed by atoms with van der Waals surface area (Å²) in [6, 6.07) is 0. The van der Waals surface area contributed by atoms with Gasteiger partial charge in [-0.1, -0.05) is 20.8 Å². The van der Waals surface area contributed by atoms with Gasteiger partial charge >= 0.3 is 0 Å². The standard InChI is InChI=1S/C8H16N2O/c1-5(2)6(3)8(11)10-7(4)9/h5-6H,1-4H3,(H2,9,10,11). The number of carbonyl (C=O) groups is 1. The molecule has 0 aliphatic rings. The van der Waals surface area contributed by atoms with Crippen molar-refractivity contribution in [3.63, 3.8) is 0 Å². The van der Waals surface area contributed by atoms with Crippen molar-refractivity contribution in [1.29, 1.82) is 0 Å². The van der Waals surface area contributed by atoms with Gasteiger partial charge in [-0.15, -0.1) is 0 Å². The van der Waals surface area contributed by atoms with Gasteiger partial charge in [0.15, 0.2) is 0 Å². The number of carbonyl (C=O) groups excluding carboxylic acids is 1. The van der Waals surface area contributed by atoms with Crippen molar-refractivity contribution < 1.29 is 4.79 Å². The number of amides is 1. The highest BCUT2D eigenvalue weighted by atomic mass is 16.1. The second kappa shape index (κ2) is 4.11. The summed E-state index contributed by atoms with van der Waals surface area (Å²) in [5.41, 5.74) is 5.26. The van der Waals surface area contributed by atoms with E-state index in [-0.39, 0.29) is 11.8 Å². The van der Waals surface area contributed by atoms with Crippen LogP contribution in [0.5, 0.6) is 0 Å². The van der Waals surface area contributed by atoms with Gasteiger partial charge < -0.3 is 5.73 Å². The van der Waals surface area contributed by atoms with Crippen LogP contribution in [0, 0.1) is 11.8 Å². The summed E-state index contributed by atoms with van der Waals surface area (Å²) in [6.07, 6.45) is 0. The SMILES string of the molecule is CC(N)=NC(=O)C(C)C(C)C. The molecule has 0 aromatic rings. The molecule has 0 rings (SSSR count). The molecule has 11 heavy (non-hydrogen) atoms. The van der Waals surface area contributed by atoms with Gasteiger partial charge in [-0.3, -0.25) is 4.79 Å². The van der Waals surface area contributed by atoms with Gasteiger partial charge in [0.2, 0.25) is 5.91 Å². The zero-order valence-electron chi connectivity index (χ0n) is 7.59. The lowest BCUT2D eigenvalue weighted by Gasteiger charge is -2.10. The van der Waals surface area contributed by atoms with Crippen LogP contribution < -0.4 is 5.73 Å². The lowest BCUT2D eigenvalue weighted by Crippen LogP contribution is -2.18. The number of nitrogens with two attached hydrogens (primary N) is 1.